The highest BCUT2D eigenvalue weighted by molar-refractivity contribution is 6.10. The number of benzene rings is 2. The summed E-state index contributed by atoms with van der Waals surface area (Å²) in [6.07, 6.45) is 0.338. The molecular formula is C15H10O5. The van der Waals surface area contributed by atoms with Crippen LogP contribution in [0.5, 0.6) is 0 Å². The van der Waals surface area contributed by atoms with E-state index >= 15 is 0 Å². The molecule has 0 unspecified atom stereocenters. The Kier molecular flexibility index (Phi) is 3.61. The maximum Gasteiger partial charge on any atom is 0.337 e. The van der Waals surface area contributed by atoms with Crippen LogP contribution in [0.2, 0.25) is 0 Å². The van der Waals surface area contributed by atoms with Crippen LogP contribution in [-0.2, 0) is 0 Å². The summed E-state index contributed by atoms with van der Waals surface area (Å²) >= 11 is 0. The Labute approximate surface area is 114 Å². The van der Waals surface area contributed by atoms with Gasteiger partial charge in [0.05, 0.1) is 11.1 Å². The van der Waals surface area contributed by atoms with E-state index in [0.717, 1.165) is 0 Å². The summed E-state index contributed by atoms with van der Waals surface area (Å²) in [7, 11) is 0. The summed E-state index contributed by atoms with van der Waals surface area (Å²) in [5, 5.41) is 18.5. The first-order chi connectivity index (χ1) is 9.56. The van der Waals surface area contributed by atoms with Crippen LogP contribution < -0.4 is 0 Å². The van der Waals surface area contributed by atoms with Crippen LogP contribution >= 0.6 is 0 Å². The van der Waals surface area contributed by atoms with Gasteiger partial charge in [-0.1, -0.05) is 42.5 Å². The normalized spacial score (nSPS) is 10.0. The number of hydrogen-bond donors (Lipinski definition) is 2. The zero-order chi connectivity index (χ0) is 14.7. The maximum absolute atomic E-state index is 11.4. The molecule has 0 bridgehead atoms. The van der Waals surface area contributed by atoms with Gasteiger partial charge in [-0.3, -0.25) is 4.79 Å². The van der Waals surface area contributed by atoms with E-state index in [4.69, 9.17) is 0 Å². The average molecular weight is 270 g/mol. The second kappa shape index (κ2) is 5.36. The second-order valence-electron chi connectivity index (χ2n) is 4.05. The summed E-state index contributed by atoms with van der Waals surface area (Å²) < 4.78 is 0. The highest BCUT2D eigenvalue weighted by Crippen LogP contribution is 2.28. The van der Waals surface area contributed by atoms with E-state index < -0.39 is 17.5 Å². The van der Waals surface area contributed by atoms with E-state index in [9.17, 15) is 24.6 Å². The summed E-state index contributed by atoms with van der Waals surface area (Å²) in [5.74, 6) is -2.83. The number of rotatable bonds is 4. The van der Waals surface area contributed by atoms with Gasteiger partial charge in [-0.15, -0.1) is 0 Å². The van der Waals surface area contributed by atoms with E-state index in [0.29, 0.717) is 11.8 Å². The van der Waals surface area contributed by atoms with Crippen LogP contribution in [0.15, 0.2) is 42.5 Å². The molecule has 100 valence electrons. The number of carbonyl (C=O) groups is 3. The lowest BCUT2D eigenvalue weighted by atomic mass is 9.92. The van der Waals surface area contributed by atoms with Gasteiger partial charge in [-0.2, -0.15) is 0 Å². The Balaban J connectivity index is 2.83. The lowest BCUT2D eigenvalue weighted by Crippen LogP contribution is -2.13. The first kappa shape index (κ1) is 13.5. The Morgan fingerprint density at radius 2 is 1.45 bits per heavy atom. The van der Waals surface area contributed by atoms with Gasteiger partial charge in [0, 0.05) is 5.56 Å². The number of aldehydes is 1. The van der Waals surface area contributed by atoms with Crippen molar-refractivity contribution < 1.29 is 24.6 Å². The molecule has 2 aromatic carbocycles. The van der Waals surface area contributed by atoms with E-state index in [1.807, 2.05) is 0 Å². The molecule has 0 aliphatic carbocycles. The first-order valence-electron chi connectivity index (χ1n) is 5.70. The van der Waals surface area contributed by atoms with E-state index in [1.165, 1.54) is 12.1 Å². The summed E-state index contributed by atoms with van der Waals surface area (Å²) in [5.41, 5.74) is -0.192. The van der Waals surface area contributed by atoms with Crippen LogP contribution in [0.3, 0.4) is 0 Å². The number of carboxylic acids is 2. The van der Waals surface area contributed by atoms with Gasteiger partial charge in [0.1, 0.15) is 0 Å². The molecule has 0 radical (unpaired) electrons. The van der Waals surface area contributed by atoms with Crippen LogP contribution in [0.1, 0.15) is 31.1 Å². The highest BCUT2D eigenvalue weighted by atomic mass is 16.4. The molecule has 0 saturated heterocycles. The Bertz CT molecular complexity index is 689. The second-order valence-corrected chi connectivity index (χ2v) is 4.05. The topological polar surface area (TPSA) is 91.7 Å². The van der Waals surface area contributed by atoms with Crippen molar-refractivity contribution in [2.75, 3.05) is 0 Å². The molecule has 0 aliphatic heterocycles. The third kappa shape index (κ3) is 2.29. The summed E-state index contributed by atoms with van der Waals surface area (Å²) in [6, 6.07) is 11.3. The molecule has 0 atom stereocenters. The monoisotopic (exact) mass is 270 g/mol. The number of hydrogen-bond acceptors (Lipinski definition) is 3. The van der Waals surface area contributed by atoms with E-state index in [1.54, 1.807) is 30.3 Å². The first-order valence-corrected chi connectivity index (χ1v) is 5.70. The number of aromatic carboxylic acids is 2. The van der Waals surface area contributed by atoms with Crippen molar-refractivity contribution in [2.24, 2.45) is 0 Å². The SMILES string of the molecule is O=Cc1ccc(-c2ccccc2)c(C(=O)O)c1C(=O)O. The van der Waals surface area contributed by atoms with Gasteiger partial charge in [-0.25, -0.2) is 9.59 Å². The maximum atomic E-state index is 11.4. The van der Waals surface area contributed by atoms with E-state index in [2.05, 4.69) is 0 Å². The van der Waals surface area contributed by atoms with Crippen LogP contribution in [0, 0.1) is 0 Å². The van der Waals surface area contributed by atoms with Crippen molar-refractivity contribution in [2.45, 2.75) is 0 Å². The van der Waals surface area contributed by atoms with Crippen molar-refractivity contribution in [1.29, 1.82) is 0 Å². The predicted octanol–water partition coefficient (Wildman–Crippen LogP) is 2.56. The molecular weight excluding hydrogens is 260 g/mol. The zero-order valence-electron chi connectivity index (χ0n) is 10.2. The minimum atomic E-state index is -1.44. The Morgan fingerprint density at radius 3 is 1.95 bits per heavy atom. The van der Waals surface area contributed by atoms with Crippen LogP contribution in [0.4, 0.5) is 0 Å². The Hall–Kier alpha value is -2.95. The predicted molar refractivity (Wildman–Crippen MR) is 71.2 cm³/mol. The fourth-order valence-electron chi connectivity index (χ4n) is 2.03. The quantitative estimate of drug-likeness (QED) is 0.833. The summed E-state index contributed by atoms with van der Waals surface area (Å²) in [4.78, 5) is 33.6. The molecule has 0 amide bonds. The van der Waals surface area contributed by atoms with Crippen LogP contribution in [-0.4, -0.2) is 28.4 Å². The zero-order valence-corrected chi connectivity index (χ0v) is 10.2. The largest absolute Gasteiger partial charge is 0.478 e. The minimum absolute atomic E-state index is 0.158. The minimum Gasteiger partial charge on any atom is -0.478 e. The van der Waals surface area contributed by atoms with Gasteiger partial charge in [0.2, 0.25) is 0 Å². The average Bonchev–Trinajstić information content (AvgIpc) is 2.46. The highest BCUT2D eigenvalue weighted by Gasteiger charge is 2.24. The molecule has 20 heavy (non-hydrogen) atoms. The van der Waals surface area contributed by atoms with E-state index in [-0.39, 0.29) is 16.7 Å². The smallest absolute Gasteiger partial charge is 0.337 e. The van der Waals surface area contributed by atoms with Crippen LogP contribution in [0.25, 0.3) is 11.1 Å². The van der Waals surface area contributed by atoms with Gasteiger partial charge in [0.15, 0.2) is 6.29 Å². The molecule has 0 aliphatic rings. The fraction of sp³-hybridized carbons (Fsp3) is 0. The lowest BCUT2D eigenvalue weighted by Gasteiger charge is -2.11. The van der Waals surface area contributed by atoms with Crippen molar-refractivity contribution in [1.82, 2.24) is 0 Å². The molecule has 2 N–H and O–H groups in total. The van der Waals surface area contributed by atoms with Crippen molar-refractivity contribution >= 4 is 18.2 Å². The standard InChI is InChI=1S/C15H10O5/c16-8-10-6-7-11(9-4-2-1-3-5-9)13(15(19)20)12(10)14(17)18/h1-8H,(H,17,18)(H,19,20). The van der Waals surface area contributed by atoms with Crippen molar-refractivity contribution in [3.8, 4) is 11.1 Å². The molecule has 0 heterocycles. The molecule has 0 fully saturated rings. The number of carboxylic acid groups (broad SMARTS) is 2. The third-order valence-corrected chi connectivity index (χ3v) is 2.88. The molecule has 2 aromatic rings. The van der Waals surface area contributed by atoms with Gasteiger partial charge in [-0.05, 0) is 11.1 Å². The third-order valence-electron chi connectivity index (χ3n) is 2.88. The molecule has 0 spiro atoms. The van der Waals surface area contributed by atoms with Crippen molar-refractivity contribution in [3.63, 3.8) is 0 Å². The molecule has 0 aromatic heterocycles. The molecule has 0 saturated carbocycles. The lowest BCUT2D eigenvalue weighted by molar-refractivity contribution is 0.0651. The van der Waals surface area contributed by atoms with Gasteiger partial charge < -0.3 is 10.2 Å². The molecule has 2 rings (SSSR count). The van der Waals surface area contributed by atoms with Gasteiger partial charge >= 0.3 is 11.9 Å². The van der Waals surface area contributed by atoms with Gasteiger partial charge in [0.25, 0.3) is 0 Å². The molecule has 5 nitrogen and oxygen atoms in total. The fourth-order valence-corrected chi connectivity index (χ4v) is 2.03. The van der Waals surface area contributed by atoms with Crippen molar-refractivity contribution in [3.05, 3.63) is 59.2 Å². The molecule has 5 heteroatoms. The Morgan fingerprint density at radius 1 is 0.850 bits per heavy atom. The summed E-state index contributed by atoms with van der Waals surface area (Å²) in [6.45, 7) is 0. The number of carbonyl (C=O) groups excluding carboxylic acids is 1.